The minimum absolute atomic E-state index is 0.152. The van der Waals surface area contributed by atoms with Crippen LogP contribution in [0.15, 0.2) is 36.5 Å². The molecule has 0 spiro atoms. The topological polar surface area (TPSA) is 70.8 Å². The summed E-state index contributed by atoms with van der Waals surface area (Å²) in [6, 6.07) is 8.71. The number of hydrogen-bond donors (Lipinski definition) is 0. The first kappa shape index (κ1) is 13.3. The summed E-state index contributed by atoms with van der Waals surface area (Å²) >= 11 is 0. The number of pyridine rings is 1. The minimum Gasteiger partial charge on any atom is -0.545 e. The third-order valence-electron chi connectivity index (χ3n) is 3.48. The van der Waals surface area contributed by atoms with Gasteiger partial charge in [-0.1, -0.05) is 18.2 Å². The van der Waals surface area contributed by atoms with Crippen LogP contribution in [0.25, 0.3) is 22.2 Å². The smallest absolute Gasteiger partial charge is 0.0750 e. The van der Waals surface area contributed by atoms with Gasteiger partial charge in [0.1, 0.15) is 0 Å². The van der Waals surface area contributed by atoms with Gasteiger partial charge in [0.05, 0.1) is 22.9 Å². The normalized spacial score (nSPS) is 11.0. The Kier molecular flexibility index (Phi) is 3.17. The molecule has 0 unspecified atom stereocenters. The summed E-state index contributed by atoms with van der Waals surface area (Å²) in [7, 11) is 0. The number of aromatic nitrogens is 3. The number of aryl methyl sites for hydroxylation is 2. The van der Waals surface area contributed by atoms with E-state index in [4.69, 9.17) is 0 Å². The van der Waals surface area contributed by atoms with Gasteiger partial charge in [0.2, 0.25) is 0 Å². The van der Waals surface area contributed by atoms with E-state index in [0.29, 0.717) is 16.6 Å². The van der Waals surface area contributed by atoms with Crippen LogP contribution < -0.4 is 5.11 Å². The molecule has 2 aromatic heterocycles. The summed E-state index contributed by atoms with van der Waals surface area (Å²) in [4.78, 5) is 15.9. The molecule has 0 aliphatic rings. The molecular weight excluding hydrogens is 266 g/mol. The second-order valence-corrected chi connectivity index (χ2v) is 4.84. The molecule has 0 amide bonds. The number of fused-ring (bicyclic) bond motifs is 1. The summed E-state index contributed by atoms with van der Waals surface area (Å²) in [5.41, 5.74) is 3.05. The maximum atomic E-state index is 11.4. The Hall–Kier alpha value is -2.69. The fourth-order valence-electron chi connectivity index (χ4n) is 2.41. The van der Waals surface area contributed by atoms with Gasteiger partial charge in [0, 0.05) is 29.3 Å². The first-order valence-corrected chi connectivity index (χ1v) is 6.75. The van der Waals surface area contributed by atoms with Gasteiger partial charge in [-0.3, -0.25) is 4.68 Å². The third-order valence-corrected chi connectivity index (χ3v) is 3.48. The first-order chi connectivity index (χ1) is 10.1. The monoisotopic (exact) mass is 280 g/mol. The van der Waals surface area contributed by atoms with Gasteiger partial charge >= 0.3 is 0 Å². The zero-order valence-corrected chi connectivity index (χ0v) is 11.8. The molecule has 0 radical (unpaired) electrons. The zero-order valence-electron chi connectivity index (χ0n) is 11.8. The molecule has 1 aromatic carbocycles. The van der Waals surface area contributed by atoms with Gasteiger partial charge in [-0.25, -0.2) is 4.98 Å². The second-order valence-electron chi connectivity index (χ2n) is 4.84. The fraction of sp³-hybridized carbons (Fsp3) is 0.188. The van der Waals surface area contributed by atoms with Crippen molar-refractivity contribution >= 4 is 16.9 Å². The van der Waals surface area contributed by atoms with E-state index in [1.54, 1.807) is 28.9 Å². The molecule has 3 rings (SSSR count). The van der Waals surface area contributed by atoms with E-state index >= 15 is 0 Å². The molecule has 21 heavy (non-hydrogen) atoms. The summed E-state index contributed by atoms with van der Waals surface area (Å²) in [6.07, 6.45) is 1.88. The van der Waals surface area contributed by atoms with Gasteiger partial charge in [0.25, 0.3) is 0 Å². The third kappa shape index (κ3) is 2.27. The van der Waals surface area contributed by atoms with E-state index < -0.39 is 5.97 Å². The average Bonchev–Trinajstić information content (AvgIpc) is 2.87. The Morgan fingerprint density at radius 3 is 2.76 bits per heavy atom. The van der Waals surface area contributed by atoms with Crippen LogP contribution in [-0.4, -0.2) is 20.7 Å². The first-order valence-electron chi connectivity index (χ1n) is 6.75. The zero-order chi connectivity index (χ0) is 15.0. The maximum Gasteiger partial charge on any atom is 0.0750 e. The number of benzene rings is 1. The molecule has 0 atom stereocenters. The Labute approximate surface area is 121 Å². The van der Waals surface area contributed by atoms with E-state index in [-0.39, 0.29) is 5.56 Å². The Morgan fingerprint density at radius 2 is 2.10 bits per heavy atom. The summed E-state index contributed by atoms with van der Waals surface area (Å²) in [6.45, 7) is 4.63. The molecule has 106 valence electrons. The van der Waals surface area contributed by atoms with Crippen molar-refractivity contribution in [1.29, 1.82) is 0 Å². The average molecular weight is 280 g/mol. The summed E-state index contributed by atoms with van der Waals surface area (Å²) in [5.74, 6) is -1.20. The Morgan fingerprint density at radius 1 is 1.33 bits per heavy atom. The lowest BCUT2D eigenvalue weighted by Crippen LogP contribution is -2.22. The largest absolute Gasteiger partial charge is 0.545 e. The van der Waals surface area contributed by atoms with Gasteiger partial charge in [-0.15, -0.1) is 0 Å². The van der Waals surface area contributed by atoms with Crippen molar-refractivity contribution in [1.82, 2.24) is 14.8 Å². The van der Waals surface area contributed by atoms with Gasteiger partial charge < -0.3 is 9.90 Å². The molecule has 3 aromatic rings. The predicted octanol–water partition coefficient (Wildman–Crippen LogP) is 1.79. The molecule has 0 aliphatic heterocycles. The molecule has 5 heteroatoms. The highest BCUT2D eigenvalue weighted by Crippen LogP contribution is 2.26. The number of aromatic carboxylic acids is 1. The van der Waals surface area contributed by atoms with E-state index in [9.17, 15) is 9.90 Å². The lowest BCUT2D eigenvalue weighted by molar-refractivity contribution is -0.254. The van der Waals surface area contributed by atoms with Crippen LogP contribution in [0.4, 0.5) is 0 Å². The van der Waals surface area contributed by atoms with Crippen LogP contribution in [0.3, 0.4) is 0 Å². The van der Waals surface area contributed by atoms with Crippen molar-refractivity contribution in [2.75, 3.05) is 0 Å². The van der Waals surface area contributed by atoms with Crippen molar-refractivity contribution in [2.24, 2.45) is 0 Å². The van der Waals surface area contributed by atoms with E-state index in [1.807, 2.05) is 26.1 Å². The molecule has 0 saturated carbocycles. The summed E-state index contributed by atoms with van der Waals surface area (Å²) < 4.78 is 1.81. The second kappa shape index (κ2) is 5.01. The highest BCUT2D eigenvalue weighted by atomic mass is 16.4. The number of nitrogens with zero attached hydrogens (tertiary/aromatic N) is 3. The molecular formula is C16H14N3O2-. The van der Waals surface area contributed by atoms with Crippen LogP contribution in [0.1, 0.15) is 23.0 Å². The van der Waals surface area contributed by atoms with E-state index in [2.05, 4.69) is 10.1 Å². The number of carboxylic acid groups (broad SMARTS) is 1. The highest BCUT2D eigenvalue weighted by molar-refractivity contribution is 6.02. The van der Waals surface area contributed by atoms with Crippen molar-refractivity contribution in [3.63, 3.8) is 0 Å². The number of carbonyl (C=O) groups is 1. The lowest BCUT2D eigenvalue weighted by Gasteiger charge is -2.09. The highest BCUT2D eigenvalue weighted by Gasteiger charge is 2.12. The van der Waals surface area contributed by atoms with Crippen molar-refractivity contribution in [2.45, 2.75) is 20.4 Å². The maximum absolute atomic E-state index is 11.4. The van der Waals surface area contributed by atoms with Gasteiger partial charge in [0.15, 0.2) is 0 Å². The lowest BCUT2D eigenvalue weighted by atomic mass is 10.0. The van der Waals surface area contributed by atoms with Crippen LogP contribution in [0.5, 0.6) is 0 Å². The number of carbonyl (C=O) groups excluding carboxylic acids is 1. The molecule has 2 heterocycles. The number of rotatable bonds is 3. The van der Waals surface area contributed by atoms with Crippen LogP contribution in [-0.2, 0) is 6.54 Å². The predicted molar refractivity (Wildman–Crippen MR) is 77.7 cm³/mol. The van der Waals surface area contributed by atoms with Gasteiger partial charge in [-0.05, 0) is 26.0 Å². The minimum atomic E-state index is -1.20. The quantitative estimate of drug-likeness (QED) is 0.733. The fourth-order valence-corrected chi connectivity index (χ4v) is 2.41. The van der Waals surface area contributed by atoms with Crippen molar-refractivity contribution < 1.29 is 9.90 Å². The molecule has 0 N–H and O–H groups in total. The number of hydrogen-bond acceptors (Lipinski definition) is 4. The van der Waals surface area contributed by atoms with Crippen LogP contribution >= 0.6 is 0 Å². The SMILES string of the molecule is CCn1cc(-c2cc(C(=O)[O-])c3ccccc3n2)c(C)n1. The van der Waals surface area contributed by atoms with Crippen molar-refractivity contribution in [3.8, 4) is 11.3 Å². The Bertz CT molecular complexity index is 837. The molecule has 0 fully saturated rings. The van der Waals surface area contributed by atoms with Crippen LogP contribution in [0.2, 0.25) is 0 Å². The molecule has 5 nitrogen and oxygen atoms in total. The van der Waals surface area contributed by atoms with Gasteiger partial charge in [-0.2, -0.15) is 5.10 Å². The summed E-state index contributed by atoms with van der Waals surface area (Å²) in [5, 5.41) is 16.3. The van der Waals surface area contributed by atoms with E-state index in [1.165, 1.54) is 0 Å². The number of para-hydroxylation sites is 1. The van der Waals surface area contributed by atoms with E-state index in [0.717, 1.165) is 17.8 Å². The van der Waals surface area contributed by atoms with Crippen molar-refractivity contribution in [3.05, 3.63) is 47.8 Å². The molecule has 0 saturated heterocycles. The molecule has 0 aliphatic carbocycles. The standard InChI is InChI=1S/C16H15N3O2/c1-3-19-9-13(10(2)18-19)15-8-12(16(20)21)11-6-4-5-7-14(11)17-15/h4-9H,3H2,1-2H3,(H,20,21)/p-1. The Balaban J connectivity index is 2.28. The van der Waals surface area contributed by atoms with Crippen LogP contribution in [0, 0.1) is 6.92 Å². The molecule has 0 bridgehead atoms. The number of carboxylic acids is 1.